The van der Waals surface area contributed by atoms with Gasteiger partial charge in [0.15, 0.2) is 0 Å². The molecule has 1 atom stereocenters. The number of carbonyl (C=O) groups is 1. The largest absolute Gasteiger partial charge is 0.402 e. The number of sulfonamides is 2. The van der Waals surface area contributed by atoms with Crippen molar-refractivity contribution in [1.82, 2.24) is 9.03 Å². The SMILES string of the molecule is CS(=O)(=O)N1CCCCC1C(=O)Nc1ccc(S(=O)(=O)NCC(F)(F)F)cc1. The summed E-state index contributed by atoms with van der Waals surface area (Å²) in [6.07, 6.45) is -1.98. The molecule has 1 heterocycles. The van der Waals surface area contributed by atoms with Crippen molar-refractivity contribution in [2.24, 2.45) is 0 Å². The van der Waals surface area contributed by atoms with E-state index in [9.17, 15) is 34.8 Å². The Morgan fingerprint density at radius 1 is 1.14 bits per heavy atom. The highest BCUT2D eigenvalue weighted by Gasteiger charge is 2.34. The molecule has 158 valence electrons. The summed E-state index contributed by atoms with van der Waals surface area (Å²) in [6.45, 7) is -1.46. The monoisotopic (exact) mass is 443 g/mol. The maximum Gasteiger partial charge on any atom is 0.402 e. The summed E-state index contributed by atoms with van der Waals surface area (Å²) in [6, 6.07) is 3.65. The first-order chi connectivity index (χ1) is 12.8. The van der Waals surface area contributed by atoms with Gasteiger partial charge in [-0.15, -0.1) is 0 Å². The van der Waals surface area contributed by atoms with Crippen LogP contribution in [0, 0.1) is 0 Å². The fraction of sp³-hybridized carbons (Fsp3) is 0.533. The highest BCUT2D eigenvalue weighted by atomic mass is 32.2. The van der Waals surface area contributed by atoms with E-state index in [1.54, 1.807) is 0 Å². The lowest BCUT2D eigenvalue weighted by Gasteiger charge is -2.32. The number of amides is 1. The van der Waals surface area contributed by atoms with E-state index in [4.69, 9.17) is 0 Å². The third kappa shape index (κ3) is 6.15. The van der Waals surface area contributed by atoms with Crippen LogP contribution in [-0.2, 0) is 24.8 Å². The molecule has 0 saturated carbocycles. The number of nitrogens with one attached hydrogen (secondary N) is 2. The first-order valence-electron chi connectivity index (χ1n) is 8.24. The van der Waals surface area contributed by atoms with Crippen LogP contribution in [0.15, 0.2) is 29.2 Å². The molecule has 13 heteroatoms. The molecule has 2 rings (SSSR count). The lowest BCUT2D eigenvalue weighted by atomic mass is 10.0. The number of nitrogens with zero attached hydrogens (tertiary/aromatic N) is 1. The quantitative estimate of drug-likeness (QED) is 0.688. The van der Waals surface area contributed by atoms with Gasteiger partial charge in [0, 0.05) is 12.2 Å². The number of benzene rings is 1. The molecule has 8 nitrogen and oxygen atoms in total. The minimum Gasteiger partial charge on any atom is -0.325 e. The molecule has 1 aliphatic heterocycles. The van der Waals surface area contributed by atoms with Gasteiger partial charge in [-0.05, 0) is 37.1 Å². The Morgan fingerprint density at radius 3 is 2.29 bits per heavy atom. The van der Waals surface area contributed by atoms with E-state index in [0.717, 1.165) is 22.7 Å². The molecule has 0 radical (unpaired) electrons. The number of anilines is 1. The summed E-state index contributed by atoms with van der Waals surface area (Å²) in [5.41, 5.74) is 0.193. The molecular formula is C15H20F3N3O5S2. The van der Waals surface area contributed by atoms with Gasteiger partial charge >= 0.3 is 6.18 Å². The first-order valence-corrected chi connectivity index (χ1v) is 11.6. The average molecular weight is 443 g/mol. The fourth-order valence-corrected chi connectivity index (χ4v) is 4.91. The second-order valence-corrected chi connectivity index (χ2v) is 10.0. The summed E-state index contributed by atoms with van der Waals surface area (Å²) < 4.78 is 86.4. The van der Waals surface area contributed by atoms with Gasteiger partial charge in [0.25, 0.3) is 0 Å². The molecule has 0 spiro atoms. The van der Waals surface area contributed by atoms with Crippen molar-refractivity contribution in [3.63, 3.8) is 0 Å². The van der Waals surface area contributed by atoms with Crippen LogP contribution in [0.5, 0.6) is 0 Å². The summed E-state index contributed by atoms with van der Waals surface area (Å²) in [5.74, 6) is -0.559. The van der Waals surface area contributed by atoms with E-state index in [1.807, 2.05) is 0 Å². The highest BCUT2D eigenvalue weighted by molar-refractivity contribution is 7.89. The molecule has 1 aromatic carbocycles. The Labute approximate surface area is 161 Å². The van der Waals surface area contributed by atoms with E-state index in [2.05, 4.69) is 5.32 Å². The smallest absolute Gasteiger partial charge is 0.325 e. The second kappa shape index (κ2) is 8.35. The minimum absolute atomic E-state index is 0.193. The Balaban J connectivity index is 2.08. The third-order valence-electron chi connectivity index (χ3n) is 4.08. The van der Waals surface area contributed by atoms with Crippen molar-refractivity contribution in [2.45, 2.75) is 36.4 Å². The zero-order chi connectivity index (χ0) is 21.2. The van der Waals surface area contributed by atoms with Crippen LogP contribution < -0.4 is 10.0 Å². The number of carbonyl (C=O) groups excluding carboxylic acids is 1. The molecule has 1 unspecified atom stereocenters. The molecule has 0 aromatic heterocycles. The zero-order valence-electron chi connectivity index (χ0n) is 14.9. The standard InChI is InChI=1S/C15H20F3N3O5S2/c1-27(23,24)21-9-3-2-4-13(21)14(22)20-11-5-7-12(8-6-11)28(25,26)19-10-15(16,17)18/h5-8,13,19H,2-4,9-10H2,1H3,(H,20,22). The van der Waals surface area contributed by atoms with Crippen LogP contribution in [0.3, 0.4) is 0 Å². The van der Waals surface area contributed by atoms with E-state index in [0.29, 0.717) is 19.3 Å². The molecule has 1 amide bonds. The van der Waals surface area contributed by atoms with Crippen molar-refractivity contribution >= 4 is 31.6 Å². The Morgan fingerprint density at radius 2 is 1.75 bits per heavy atom. The number of alkyl halides is 3. The lowest BCUT2D eigenvalue weighted by Crippen LogP contribution is -2.49. The Bertz CT molecular complexity index is 915. The number of piperidine rings is 1. The van der Waals surface area contributed by atoms with E-state index in [-0.39, 0.29) is 12.2 Å². The van der Waals surface area contributed by atoms with Crippen LogP contribution in [0.1, 0.15) is 19.3 Å². The zero-order valence-corrected chi connectivity index (χ0v) is 16.5. The predicted octanol–water partition coefficient (Wildman–Crippen LogP) is 1.28. The van der Waals surface area contributed by atoms with Crippen molar-refractivity contribution in [3.8, 4) is 0 Å². The van der Waals surface area contributed by atoms with Gasteiger partial charge in [0.1, 0.15) is 12.6 Å². The Hall–Kier alpha value is -1.70. The van der Waals surface area contributed by atoms with Gasteiger partial charge in [0.05, 0.1) is 11.2 Å². The van der Waals surface area contributed by atoms with Gasteiger partial charge in [-0.2, -0.15) is 17.5 Å². The number of hydrogen-bond donors (Lipinski definition) is 2. The number of hydrogen-bond acceptors (Lipinski definition) is 5. The van der Waals surface area contributed by atoms with Gasteiger partial charge in [-0.1, -0.05) is 6.42 Å². The maximum absolute atomic E-state index is 12.4. The van der Waals surface area contributed by atoms with Crippen molar-refractivity contribution in [3.05, 3.63) is 24.3 Å². The summed E-state index contributed by atoms with van der Waals surface area (Å²) in [4.78, 5) is 12.0. The number of rotatable bonds is 6. The Kier molecular flexibility index (Phi) is 6.74. The molecule has 1 aromatic rings. The molecule has 1 fully saturated rings. The molecule has 2 N–H and O–H groups in total. The van der Waals surface area contributed by atoms with Gasteiger partial charge in [-0.25, -0.2) is 21.6 Å². The minimum atomic E-state index is -4.69. The van der Waals surface area contributed by atoms with Crippen LogP contribution in [0.2, 0.25) is 0 Å². The molecule has 0 bridgehead atoms. The van der Waals surface area contributed by atoms with E-state index < -0.39 is 49.6 Å². The molecule has 0 aliphatic carbocycles. The number of halogens is 3. The average Bonchev–Trinajstić information content (AvgIpc) is 2.59. The molecular weight excluding hydrogens is 423 g/mol. The summed E-state index contributed by atoms with van der Waals surface area (Å²) in [7, 11) is -7.92. The maximum atomic E-state index is 12.4. The summed E-state index contributed by atoms with van der Waals surface area (Å²) >= 11 is 0. The van der Waals surface area contributed by atoms with Gasteiger partial charge in [-0.3, -0.25) is 4.79 Å². The van der Waals surface area contributed by atoms with Crippen LogP contribution >= 0.6 is 0 Å². The lowest BCUT2D eigenvalue weighted by molar-refractivity contribution is -0.121. The van der Waals surface area contributed by atoms with E-state index >= 15 is 0 Å². The van der Waals surface area contributed by atoms with Crippen LogP contribution in [0.4, 0.5) is 18.9 Å². The van der Waals surface area contributed by atoms with Gasteiger partial charge < -0.3 is 5.32 Å². The van der Waals surface area contributed by atoms with Crippen molar-refractivity contribution in [1.29, 1.82) is 0 Å². The summed E-state index contributed by atoms with van der Waals surface area (Å²) in [5, 5.41) is 2.51. The first kappa shape index (κ1) is 22.6. The van der Waals surface area contributed by atoms with Crippen LogP contribution in [-0.4, -0.2) is 58.6 Å². The third-order valence-corrected chi connectivity index (χ3v) is 6.78. The van der Waals surface area contributed by atoms with Gasteiger partial charge in [0.2, 0.25) is 26.0 Å². The molecule has 1 saturated heterocycles. The normalized spacial score (nSPS) is 19.4. The van der Waals surface area contributed by atoms with Crippen molar-refractivity contribution < 1.29 is 34.8 Å². The van der Waals surface area contributed by atoms with Crippen LogP contribution in [0.25, 0.3) is 0 Å². The second-order valence-electron chi connectivity index (χ2n) is 6.34. The van der Waals surface area contributed by atoms with E-state index in [1.165, 1.54) is 16.9 Å². The molecule has 28 heavy (non-hydrogen) atoms. The van der Waals surface area contributed by atoms with Crippen molar-refractivity contribution in [2.75, 3.05) is 24.7 Å². The predicted molar refractivity (Wildman–Crippen MR) is 95.5 cm³/mol. The fourth-order valence-electron chi connectivity index (χ4n) is 2.77. The topological polar surface area (TPSA) is 113 Å². The molecule has 1 aliphatic rings. The highest BCUT2D eigenvalue weighted by Crippen LogP contribution is 2.22.